The lowest BCUT2D eigenvalue weighted by Gasteiger charge is -2.20. The van der Waals surface area contributed by atoms with Crippen molar-refractivity contribution < 1.29 is 0 Å². The lowest BCUT2D eigenvalue weighted by molar-refractivity contribution is 0.648. The average Bonchev–Trinajstić information content (AvgIpc) is 3.35. The minimum Gasteiger partial charge on any atom is -0.357 e. The van der Waals surface area contributed by atoms with Gasteiger partial charge in [0.05, 0.1) is 10.7 Å². The largest absolute Gasteiger partial charge is 0.357 e. The molecular formula is C21H26ClN7. The minimum absolute atomic E-state index is 0.307. The number of hydrogen-bond donors (Lipinski definition) is 2. The number of aromatic nitrogens is 3. The van der Waals surface area contributed by atoms with Crippen molar-refractivity contribution in [1.29, 1.82) is 0 Å². The van der Waals surface area contributed by atoms with E-state index >= 15 is 0 Å². The minimum atomic E-state index is 0.307. The summed E-state index contributed by atoms with van der Waals surface area (Å²) in [6.07, 6.45) is 7.69. The van der Waals surface area contributed by atoms with Gasteiger partial charge in [-0.25, -0.2) is 9.97 Å². The molecule has 0 saturated carbocycles. The van der Waals surface area contributed by atoms with E-state index in [4.69, 9.17) is 16.6 Å². The van der Waals surface area contributed by atoms with Crippen LogP contribution in [-0.4, -0.2) is 52.5 Å². The van der Waals surface area contributed by atoms with Crippen molar-refractivity contribution >= 4 is 29.0 Å². The molecule has 0 bridgehead atoms. The van der Waals surface area contributed by atoms with E-state index in [1.165, 1.54) is 0 Å². The van der Waals surface area contributed by atoms with Crippen LogP contribution in [0.3, 0.4) is 0 Å². The van der Waals surface area contributed by atoms with Gasteiger partial charge in [-0.15, -0.1) is 0 Å². The Morgan fingerprint density at radius 1 is 1.31 bits per heavy atom. The number of hydrogen-bond acceptors (Lipinski definition) is 4. The SMILES string of the molecule is CCNC(=NCCc1cn2ccccc2n1)NC1CCN(c2ncccc2Cl)C1. The second-order valence-corrected chi connectivity index (χ2v) is 7.50. The first kappa shape index (κ1) is 19.5. The van der Waals surface area contributed by atoms with Crippen molar-refractivity contribution in [1.82, 2.24) is 25.0 Å². The Labute approximate surface area is 175 Å². The second-order valence-electron chi connectivity index (χ2n) is 7.09. The molecule has 4 rings (SSSR count). The zero-order valence-corrected chi connectivity index (χ0v) is 17.3. The second kappa shape index (κ2) is 9.13. The quantitative estimate of drug-likeness (QED) is 0.482. The van der Waals surface area contributed by atoms with Crippen LogP contribution in [0.25, 0.3) is 5.65 Å². The molecule has 8 heteroatoms. The van der Waals surface area contributed by atoms with Gasteiger partial charge in [0.1, 0.15) is 11.5 Å². The van der Waals surface area contributed by atoms with Crippen molar-refractivity contribution in [3.63, 3.8) is 0 Å². The zero-order valence-electron chi connectivity index (χ0n) is 16.6. The van der Waals surface area contributed by atoms with E-state index in [9.17, 15) is 0 Å². The molecule has 0 aromatic carbocycles. The highest BCUT2D eigenvalue weighted by Gasteiger charge is 2.25. The van der Waals surface area contributed by atoms with Crippen LogP contribution in [0, 0.1) is 0 Å². The number of halogens is 1. The molecule has 0 amide bonds. The molecule has 0 radical (unpaired) electrons. The van der Waals surface area contributed by atoms with Crippen LogP contribution in [0.4, 0.5) is 5.82 Å². The maximum absolute atomic E-state index is 6.30. The molecule has 1 atom stereocenters. The van der Waals surface area contributed by atoms with Crippen molar-refractivity contribution in [2.45, 2.75) is 25.8 Å². The van der Waals surface area contributed by atoms with E-state index in [0.717, 1.165) is 55.6 Å². The molecule has 29 heavy (non-hydrogen) atoms. The Kier molecular flexibility index (Phi) is 6.14. The first-order valence-electron chi connectivity index (χ1n) is 10.1. The van der Waals surface area contributed by atoms with Crippen LogP contribution < -0.4 is 15.5 Å². The summed E-state index contributed by atoms with van der Waals surface area (Å²) in [6.45, 7) is 5.36. The standard InChI is InChI=1S/C21H26ClN7/c1-2-23-21(25-11-8-16-14-28-12-4-3-7-19(28)26-16)27-17-9-13-29(15-17)20-18(22)6-5-10-24-20/h3-7,10,12,14,17H,2,8-9,11,13,15H2,1H3,(H2,23,25,27). The number of aliphatic imine (C=N–C) groups is 1. The third-order valence-electron chi connectivity index (χ3n) is 4.96. The van der Waals surface area contributed by atoms with Gasteiger partial charge in [0.15, 0.2) is 5.96 Å². The fourth-order valence-corrected chi connectivity index (χ4v) is 3.82. The molecule has 3 aromatic heterocycles. The monoisotopic (exact) mass is 411 g/mol. The van der Waals surface area contributed by atoms with E-state index < -0.39 is 0 Å². The van der Waals surface area contributed by atoms with Crippen LogP contribution in [0.15, 0.2) is 53.9 Å². The molecule has 7 nitrogen and oxygen atoms in total. The summed E-state index contributed by atoms with van der Waals surface area (Å²) in [5.41, 5.74) is 2.02. The number of nitrogens with zero attached hydrogens (tertiary/aromatic N) is 5. The number of anilines is 1. The third-order valence-corrected chi connectivity index (χ3v) is 5.26. The number of imidazole rings is 1. The number of pyridine rings is 2. The molecule has 1 unspecified atom stereocenters. The molecule has 0 aliphatic carbocycles. The van der Waals surface area contributed by atoms with Crippen molar-refractivity contribution in [3.8, 4) is 0 Å². The average molecular weight is 412 g/mol. The number of nitrogens with one attached hydrogen (secondary N) is 2. The van der Waals surface area contributed by atoms with Gasteiger partial charge in [0, 0.05) is 57.2 Å². The van der Waals surface area contributed by atoms with Crippen LogP contribution in [0.2, 0.25) is 5.02 Å². The van der Waals surface area contributed by atoms with Gasteiger partial charge in [0.25, 0.3) is 0 Å². The summed E-state index contributed by atoms with van der Waals surface area (Å²) in [6, 6.07) is 10.1. The van der Waals surface area contributed by atoms with Crippen LogP contribution >= 0.6 is 11.6 Å². The molecule has 1 saturated heterocycles. The van der Waals surface area contributed by atoms with Gasteiger partial charge in [-0.3, -0.25) is 4.99 Å². The molecular weight excluding hydrogens is 386 g/mol. The van der Waals surface area contributed by atoms with E-state index in [-0.39, 0.29) is 0 Å². The van der Waals surface area contributed by atoms with E-state index in [2.05, 4.69) is 38.6 Å². The van der Waals surface area contributed by atoms with Gasteiger partial charge in [-0.05, 0) is 37.6 Å². The first-order chi connectivity index (χ1) is 14.2. The summed E-state index contributed by atoms with van der Waals surface area (Å²) < 4.78 is 2.04. The van der Waals surface area contributed by atoms with Crippen molar-refractivity contribution in [3.05, 3.63) is 59.6 Å². The summed E-state index contributed by atoms with van der Waals surface area (Å²) in [5, 5.41) is 7.59. The molecule has 1 aliphatic rings. The van der Waals surface area contributed by atoms with Gasteiger partial charge in [0.2, 0.25) is 0 Å². The van der Waals surface area contributed by atoms with Crippen molar-refractivity contribution in [2.75, 3.05) is 31.1 Å². The van der Waals surface area contributed by atoms with Gasteiger partial charge >= 0.3 is 0 Å². The Balaban J connectivity index is 1.34. The summed E-state index contributed by atoms with van der Waals surface area (Å²) >= 11 is 6.30. The van der Waals surface area contributed by atoms with E-state index in [1.807, 2.05) is 40.9 Å². The summed E-state index contributed by atoms with van der Waals surface area (Å²) in [7, 11) is 0. The molecule has 3 aromatic rings. The maximum Gasteiger partial charge on any atom is 0.191 e. The molecule has 2 N–H and O–H groups in total. The predicted octanol–water partition coefficient (Wildman–Crippen LogP) is 2.76. The lowest BCUT2D eigenvalue weighted by atomic mass is 10.3. The Morgan fingerprint density at radius 3 is 3.07 bits per heavy atom. The Morgan fingerprint density at radius 2 is 2.24 bits per heavy atom. The van der Waals surface area contributed by atoms with Crippen LogP contribution in [0.5, 0.6) is 0 Å². The number of fused-ring (bicyclic) bond motifs is 1. The van der Waals surface area contributed by atoms with Crippen LogP contribution in [-0.2, 0) is 6.42 Å². The van der Waals surface area contributed by atoms with E-state index in [0.29, 0.717) is 17.6 Å². The number of guanidine groups is 1. The third kappa shape index (κ3) is 4.79. The zero-order chi connectivity index (χ0) is 20.1. The molecule has 0 spiro atoms. The lowest BCUT2D eigenvalue weighted by Crippen LogP contribution is -2.44. The number of rotatable bonds is 6. The highest BCUT2D eigenvalue weighted by molar-refractivity contribution is 6.32. The highest BCUT2D eigenvalue weighted by Crippen LogP contribution is 2.25. The Hall–Kier alpha value is -2.80. The first-order valence-corrected chi connectivity index (χ1v) is 10.4. The molecule has 4 heterocycles. The normalized spacial score (nSPS) is 17.1. The molecule has 1 fully saturated rings. The van der Waals surface area contributed by atoms with Gasteiger partial charge in [-0.1, -0.05) is 17.7 Å². The van der Waals surface area contributed by atoms with Crippen LogP contribution in [0.1, 0.15) is 19.0 Å². The topological polar surface area (TPSA) is 69.8 Å². The Bertz CT molecular complexity index is 951. The molecule has 152 valence electrons. The van der Waals surface area contributed by atoms with Gasteiger partial charge < -0.3 is 19.9 Å². The highest BCUT2D eigenvalue weighted by atomic mass is 35.5. The smallest absolute Gasteiger partial charge is 0.191 e. The van der Waals surface area contributed by atoms with Crippen molar-refractivity contribution in [2.24, 2.45) is 4.99 Å². The summed E-state index contributed by atoms with van der Waals surface area (Å²) in [4.78, 5) is 16.0. The molecule has 1 aliphatic heterocycles. The van der Waals surface area contributed by atoms with Gasteiger partial charge in [-0.2, -0.15) is 0 Å². The fraction of sp³-hybridized carbons (Fsp3) is 0.381. The van der Waals surface area contributed by atoms with E-state index in [1.54, 1.807) is 6.20 Å². The summed E-state index contributed by atoms with van der Waals surface area (Å²) in [5.74, 6) is 1.70. The maximum atomic E-state index is 6.30. The predicted molar refractivity (Wildman–Crippen MR) is 118 cm³/mol. The fourth-order valence-electron chi connectivity index (χ4n) is 3.58.